The first-order chi connectivity index (χ1) is 8.88. The van der Waals surface area contributed by atoms with Gasteiger partial charge in [0.15, 0.2) is 0 Å². The third kappa shape index (κ3) is 6.02. The molecular weight excluding hydrogens is 359 g/mol. The van der Waals surface area contributed by atoms with Crippen molar-refractivity contribution in [2.45, 2.75) is 6.92 Å². The lowest BCUT2D eigenvalue weighted by molar-refractivity contribution is -0.141. The summed E-state index contributed by atoms with van der Waals surface area (Å²) in [5.41, 5.74) is 0.747. The van der Waals surface area contributed by atoms with Crippen LogP contribution in [0.15, 0.2) is 24.3 Å². The second-order valence-corrected chi connectivity index (χ2v) is 5.74. The van der Waals surface area contributed by atoms with Crippen LogP contribution >= 0.6 is 22.6 Å². The Hall–Kier alpha value is -1.15. The van der Waals surface area contributed by atoms with Gasteiger partial charge in [-0.05, 0) is 47.8 Å². The lowest BCUT2D eigenvalue weighted by Crippen LogP contribution is -2.35. The first kappa shape index (κ1) is 15.9. The number of anilines is 1. The van der Waals surface area contributed by atoms with Gasteiger partial charge < -0.3 is 10.4 Å². The Labute approximate surface area is 126 Å². The summed E-state index contributed by atoms with van der Waals surface area (Å²) in [7, 11) is 1.73. The number of hydrogen-bond acceptors (Lipinski definition) is 3. The molecule has 1 unspecified atom stereocenters. The van der Waals surface area contributed by atoms with E-state index in [2.05, 4.69) is 27.9 Å². The van der Waals surface area contributed by atoms with Gasteiger partial charge in [-0.1, -0.05) is 13.0 Å². The van der Waals surface area contributed by atoms with Crippen LogP contribution in [0, 0.1) is 9.49 Å². The minimum atomic E-state index is -0.857. The molecule has 1 aromatic carbocycles. The lowest BCUT2D eigenvalue weighted by atomic mass is 10.2. The third-order valence-corrected chi connectivity index (χ3v) is 3.20. The molecule has 0 spiro atoms. The van der Waals surface area contributed by atoms with Gasteiger partial charge in [0, 0.05) is 15.8 Å². The molecule has 1 rings (SSSR count). The number of rotatable bonds is 6. The fourth-order valence-electron chi connectivity index (χ4n) is 1.62. The van der Waals surface area contributed by atoms with Crippen molar-refractivity contribution in [2.75, 3.05) is 25.5 Å². The highest BCUT2D eigenvalue weighted by atomic mass is 127. The SMILES string of the molecule is CC(CN(C)CC(=O)Nc1cccc(I)c1)C(=O)O. The van der Waals surface area contributed by atoms with Crippen molar-refractivity contribution < 1.29 is 14.7 Å². The molecule has 0 heterocycles. The van der Waals surface area contributed by atoms with Crippen LogP contribution in [0.3, 0.4) is 0 Å². The summed E-state index contributed by atoms with van der Waals surface area (Å²) in [6.07, 6.45) is 0. The maximum absolute atomic E-state index is 11.8. The van der Waals surface area contributed by atoms with Crippen LogP contribution in [-0.4, -0.2) is 42.0 Å². The molecule has 1 amide bonds. The zero-order valence-electron chi connectivity index (χ0n) is 10.9. The van der Waals surface area contributed by atoms with Gasteiger partial charge in [-0.2, -0.15) is 0 Å². The summed E-state index contributed by atoms with van der Waals surface area (Å²) >= 11 is 2.17. The van der Waals surface area contributed by atoms with Crippen molar-refractivity contribution in [3.8, 4) is 0 Å². The van der Waals surface area contributed by atoms with Gasteiger partial charge >= 0.3 is 5.97 Å². The van der Waals surface area contributed by atoms with Crippen LogP contribution < -0.4 is 5.32 Å². The summed E-state index contributed by atoms with van der Waals surface area (Å²) in [6, 6.07) is 7.50. The highest BCUT2D eigenvalue weighted by molar-refractivity contribution is 14.1. The number of carbonyl (C=O) groups is 2. The first-order valence-electron chi connectivity index (χ1n) is 5.85. The largest absolute Gasteiger partial charge is 0.481 e. The van der Waals surface area contributed by atoms with E-state index in [4.69, 9.17) is 5.11 Å². The molecule has 0 saturated carbocycles. The molecule has 0 aliphatic carbocycles. The molecule has 5 nitrogen and oxygen atoms in total. The van der Waals surface area contributed by atoms with Crippen LogP contribution in [0.1, 0.15) is 6.92 Å². The monoisotopic (exact) mass is 376 g/mol. The summed E-state index contributed by atoms with van der Waals surface area (Å²) in [5.74, 6) is -1.50. The maximum Gasteiger partial charge on any atom is 0.307 e. The Morgan fingerprint density at radius 3 is 2.74 bits per heavy atom. The van der Waals surface area contributed by atoms with Crippen molar-refractivity contribution in [3.63, 3.8) is 0 Å². The maximum atomic E-state index is 11.8. The second kappa shape index (κ2) is 7.44. The highest BCUT2D eigenvalue weighted by Crippen LogP contribution is 2.12. The topological polar surface area (TPSA) is 69.6 Å². The highest BCUT2D eigenvalue weighted by Gasteiger charge is 2.15. The van der Waals surface area contributed by atoms with Crippen LogP contribution in [0.4, 0.5) is 5.69 Å². The van der Waals surface area contributed by atoms with Crippen molar-refractivity contribution in [2.24, 2.45) is 5.92 Å². The Bertz CT molecular complexity index is 465. The summed E-state index contributed by atoms with van der Waals surface area (Å²) < 4.78 is 1.04. The molecule has 0 saturated heterocycles. The Kier molecular flexibility index (Phi) is 6.23. The molecule has 0 bridgehead atoms. The molecule has 0 radical (unpaired) electrons. The Morgan fingerprint density at radius 1 is 1.47 bits per heavy atom. The average Bonchev–Trinajstić information content (AvgIpc) is 2.27. The lowest BCUT2D eigenvalue weighted by Gasteiger charge is -2.18. The van der Waals surface area contributed by atoms with Crippen LogP contribution in [0.5, 0.6) is 0 Å². The standard InChI is InChI=1S/C13H17IN2O3/c1-9(13(18)19)7-16(2)8-12(17)15-11-5-3-4-10(14)6-11/h3-6,9H,7-8H2,1-2H3,(H,15,17)(H,18,19). The number of carboxylic acids is 1. The number of nitrogens with one attached hydrogen (secondary N) is 1. The molecule has 1 aromatic rings. The molecular formula is C13H17IN2O3. The molecule has 19 heavy (non-hydrogen) atoms. The summed E-state index contributed by atoms with van der Waals surface area (Å²) in [5, 5.41) is 11.6. The number of carboxylic acid groups (broad SMARTS) is 1. The number of amides is 1. The van der Waals surface area contributed by atoms with Crippen molar-refractivity contribution >= 4 is 40.2 Å². The molecule has 104 valence electrons. The average molecular weight is 376 g/mol. The van der Waals surface area contributed by atoms with E-state index in [0.29, 0.717) is 6.54 Å². The van der Waals surface area contributed by atoms with Crippen LogP contribution in [-0.2, 0) is 9.59 Å². The number of aliphatic carboxylic acids is 1. The van der Waals surface area contributed by atoms with Gasteiger partial charge in [0.05, 0.1) is 12.5 Å². The smallest absolute Gasteiger partial charge is 0.307 e. The molecule has 2 N–H and O–H groups in total. The fraction of sp³-hybridized carbons (Fsp3) is 0.385. The van der Waals surface area contributed by atoms with Gasteiger partial charge in [-0.15, -0.1) is 0 Å². The summed E-state index contributed by atoms with van der Waals surface area (Å²) in [6.45, 7) is 2.13. The second-order valence-electron chi connectivity index (χ2n) is 4.49. The van der Waals surface area contributed by atoms with E-state index in [9.17, 15) is 9.59 Å². The molecule has 0 aliphatic heterocycles. The quantitative estimate of drug-likeness (QED) is 0.744. The van der Waals surface area contributed by atoms with Crippen molar-refractivity contribution in [3.05, 3.63) is 27.8 Å². The van der Waals surface area contributed by atoms with E-state index >= 15 is 0 Å². The molecule has 6 heteroatoms. The predicted octanol–water partition coefficient (Wildman–Crippen LogP) is 1.88. The van der Waals surface area contributed by atoms with E-state index in [1.807, 2.05) is 24.3 Å². The van der Waals surface area contributed by atoms with Gasteiger partial charge in [-0.25, -0.2) is 0 Å². The molecule has 1 atom stereocenters. The third-order valence-electron chi connectivity index (χ3n) is 2.53. The van der Waals surface area contributed by atoms with Gasteiger partial charge in [-0.3, -0.25) is 14.5 Å². The molecule has 0 aliphatic rings. The Balaban J connectivity index is 2.45. The van der Waals surface area contributed by atoms with E-state index < -0.39 is 11.9 Å². The molecule has 0 aromatic heterocycles. The number of nitrogens with zero attached hydrogens (tertiary/aromatic N) is 1. The van der Waals surface area contributed by atoms with Crippen molar-refractivity contribution in [1.29, 1.82) is 0 Å². The number of hydrogen-bond donors (Lipinski definition) is 2. The van der Waals surface area contributed by atoms with E-state index in [-0.39, 0.29) is 12.5 Å². The van der Waals surface area contributed by atoms with Crippen molar-refractivity contribution in [1.82, 2.24) is 4.90 Å². The minimum absolute atomic E-state index is 0.151. The van der Waals surface area contributed by atoms with Gasteiger partial charge in [0.1, 0.15) is 0 Å². The number of benzene rings is 1. The first-order valence-corrected chi connectivity index (χ1v) is 6.93. The van der Waals surface area contributed by atoms with Crippen LogP contribution in [0.25, 0.3) is 0 Å². The number of halogens is 1. The minimum Gasteiger partial charge on any atom is -0.481 e. The molecule has 0 fully saturated rings. The summed E-state index contributed by atoms with van der Waals surface area (Å²) in [4.78, 5) is 24.2. The number of carbonyl (C=O) groups excluding carboxylic acids is 1. The van der Waals surface area contributed by atoms with E-state index in [1.54, 1.807) is 18.9 Å². The van der Waals surface area contributed by atoms with Gasteiger partial charge in [0.25, 0.3) is 0 Å². The van der Waals surface area contributed by atoms with Crippen LogP contribution in [0.2, 0.25) is 0 Å². The Morgan fingerprint density at radius 2 is 2.16 bits per heavy atom. The normalized spacial score (nSPS) is 12.2. The van der Waals surface area contributed by atoms with E-state index in [0.717, 1.165) is 9.26 Å². The fourth-order valence-corrected chi connectivity index (χ4v) is 2.17. The zero-order chi connectivity index (χ0) is 14.4. The zero-order valence-corrected chi connectivity index (χ0v) is 13.0. The van der Waals surface area contributed by atoms with E-state index in [1.165, 1.54) is 0 Å². The predicted molar refractivity (Wildman–Crippen MR) is 82.1 cm³/mol. The number of likely N-dealkylation sites (N-methyl/N-ethyl adjacent to an activating group) is 1. The van der Waals surface area contributed by atoms with Gasteiger partial charge in [0.2, 0.25) is 5.91 Å².